The molecule has 0 radical (unpaired) electrons. The van der Waals surface area contributed by atoms with Gasteiger partial charge in [0.2, 0.25) is 5.91 Å². The number of thiazole rings is 1. The minimum absolute atomic E-state index is 0.0564. The Bertz CT molecular complexity index is 486. The topological polar surface area (TPSA) is 63.1 Å². The molecule has 100 valence electrons. The van der Waals surface area contributed by atoms with Gasteiger partial charge in [0.15, 0.2) is 0 Å². The molecule has 1 saturated heterocycles. The van der Waals surface area contributed by atoms with Crippen LogP contribution in [0.5, 0.6) is 0 Å². The van der Waals surface area contributed by atoms with Crippen molar-refractivity contribution in [3.05, 3.63) is 20.2 Å². The zero-order valence-corrected chi connectivity index (χ0v) is 11.6. The van der Waals surface area contributed by atoms with Crippen LogP contribution in [0.25, 0.3) is 0 Å². The second kappa shape index (κ2) is 5.67. The van der Waals surface area contributed by atoms with Gasteiger partial charge < -0.3 is 10.6 Å². The van der Waals surface area contributed by atoms with Gasteiger partial charge >= 0.3 is 4.87 Å². The van der Waals surface area contributed by atoms with Crippen molar-refractivity contribution in [1.82, 2.24) is 15.2 Å². The summed E-state index contributed by atoms with van der Waals surface area (Å²) in [6.07, 6.45) is 2.28. The van der Waals surface area contributed by atoms with Crippen LogP contribution in [0.3, 0.4) is 0 Å². The van der Waals surface area contributed by atoms with Crippen LogP contribution in [0.1, 0.15) is 23.4 Å². The lowest BCUT2D eigenvalue weighted by molar-refractivity contribution is -0.121. The lowest BCUT2D eigenvalue weighted by Gasteiger charge is -2.12. The first kappa shape index (κ1) is 13.3. The molecule has 0 aromatic carbocycles. The van der Waals surface area contributed by atoms with E-state index in [0.717, 1.165) is 23.5 Å². The fourth-order valence-corrected chi connectivity index (χ4v) is 2.97. The van der Waals surface area contributed by atoms with E-state index < -0.39 is 0 Å². The minimum Gasteiger partial charge on any atom is -0.353 e. The van der Waals surface area contributed by atoms with Crippen LogP contribution < -0.4 is 15.5 Å². The third-order valence-electron chi connectivity index (χ3n) is 3.38. The van der Waals surface area contributed by atoms with E-state index in [1.54, 1.807) is 0 Å². The summed E-state index contributed by atoms with van der Waals surface area (Å²) in [5.74, 6) is -0.0910. The fraction of sp³-hybridized carbons (Fsp3) is 0.667. The molecule has 2 N–H and O–H groups in total. The molecule has 1 atom stereocenters. The van der Waals surface area contributed by atoms with Crippen molar-refractivity contribution in [1.29, 1.82) is 0 Å². The molecule has 2 heterocycles. The van der Waals surface area contributed by atoms with Crippen molar-refractivity contribution >= 4 is 17.2 Å². The van der Waals surface area contributed by atoms with Crippen molar-refractivity contribution in [2.45, 2.75) is 39.3 Å². The quantitative estimate of drug-likeness (QED) is 0.831. The zero-order valence-electron chi connectivity index (χ0n) is 10.8. The van der Waals surface area contributed by atoms with E-state index in [1.807, 2.05) is 13.8 Å². The number of rotatable bonds is 4. The lowest BCUT2D eigenvalue weighted by atomic mass is 10.2. The van der Waals surface area contributed by atoms with Gasteiger partial charge in [-0.1, -0.05) is 11.3 Å². The molecule has 0 bridgehead atoms. The van der Waals surface area contributed by atoms with Gasteiger partial charge in [-0.3, -0.25) is 14.2 Å². The van der Waals surface area contributed by atoms with Gasteiger partial charge in [0.25, 0.3) is 0 Å². The smallest absolute Gasteiger partial charge is 0.308 e. The molecule has 1 fully saturated rings. The number of amides is 1. The number of aryl methyl sites for hydroxylation is 1. The number of carbonyl (C=O) groups is 1. The number of nitrogens with zero attached hydrogens (tertiary/aromatic N) is 1. The molecule has 18 heavy (non-hydrogen) atoms. The van der Waals surface area contributed by atoms with Crippen molar-refractivity contribution in [2.24, 2.45) is 0 Å². The van der Waals surface area contributed by atoms with Crippen LogP contribution in [-0.2, 0) is 11.3 Å². The molecule has 6 heteroatoms. The Balaban J connectivity index is 1.88. The molecule has 5 nitrogen and oxygen atoms in total. The lowest BCUT2D eigenvalue weighted by Crippen LogP contribution is -2.39. The van der Waals surface area contributed by atoms with E-state index in [2.05, 4.69) is 10.6 Å². The molecule has 1 unspecified atom stereocenters. The highest BCUT2D eigenvalue weighted by Gasteiger charge is 2.16. The van der Waals surface area contributed by atoms with Crippen LogP contribution in [0, 0.1) is 13.8 Å². The third-order valence-corrected chi connectivity index (χ3v) is 4.38. The summed E-state index contributed by atoms with van der Waals surface area (Å²) < 4.78 is 1.54. The predicted octanol–water partition coefficient (Wildman–Crippen LogP) is 0.395. The van der Waals surface area contributed by atoms with Gasteiger partial charge in [-0.2, -0.15) is 0 Å². The maximum absolute atomic E-state index is 11.8. The standard InChI is InChI=1S/C12H19N3O2S/c1-8-9(2)18-12(17)15(8)7-11(16)14-6-10-4-3-5-13-10/h10,13H,3-7H2,1-2H3,(H,14,16). The van der Waals surface area contributed by atoms with Gasteiger partial charge in [-0.15, -0.1) is 0 Å². The van der Waals surface area contributed by atoms with Crippen molar-refractivity contribution in [2.75, 3.05) is 13.1 Å². The molecule has 0 aliphatic carbocycles. The Kier molecular flexibility index (Phi) is 4.19. The normalized spacial score (nSPS) is 19.1. The number of hydrogen-bond donors (Lipinski definition) is 2. The third kappa shape index (κ3) is 3.00. The number of hydrogen-bond acceptors (Lipinski definition) is 4. The second-order valence-electron chi connectivity index (χ2n) is 4.69. The summed E-state index contributed by atoms with van der Waals surface area (Å²) >= 11 is 1.20. The maximum Gasteiger partial charge on any atom is 0.308 e. The first-order chi connectivity index (χ1) is 8.58. The van der Waals surface area contributed by atoms with Crippen LogP contribution in [0.15, 0.2) is 4.79 Å². The van der Waals surface area contributed by atoms with Gasteiger partial charge in [0.05, 0.1) is 0 Å². The number of carbonyl (C=O) groups excluding carboxylic acids is 1. The molecule has 1 aliphatic heterocycles. The van der Waals surface area contributed by atoms with E-state index in [4.69, 9.17) is 0 Å². The van der Waals surface area contributed by atoms with Crippen LogP contribution in [-0.4, -0.2) is 29.6 Å². The Hall–Kier alpha value is -1.14. The molecular weight excluding hydrogens is 250 g/mol. The first-order valence-electron chi connectivity index (χ1n) is 6.25. The van der Waals surface area contributed by atoms with Gasteiger partial charge in [0, 0.05) is 23.2 Å². The molecule has 1 aliphatic rings. The Morgan fingerprint density at radius 1 is 1.56 bits per heavy atom. The largest absolute Gasteiger partial charge is 0.353 e. The highest BCUT2D eigenvalue weighted by atomic mass is 32.1. The predicted molar refractivity (Wildman–Crippen MR) is 72.1 cm³/mol. The first-order valence-corrected chi connectivity index (χ1v) is 7.06. The Labute approximate surface area is 110 Å². The van der Waals surface area contributed by atoms with Crippen molar-refractivity contribution < 1.29 is 4.79 Å². The van der Waals surface area contributed by atoms with E-state index in [-0.39, 0.29) is 17.3 Å². The molecule has 1 amide bonds. The van der Waals surface area contributed by atoms with E-state index >= 15 is 0 Å². The number of aromatic nitrogens is 1. The van der Waals surface area contributed by atoms with Gasteiger partial charge in [0.1, 0.15) is 6.54 Å². The maximum atomic E-state index is 11.8. The summed E-state index contributed by atoms with van der Waals surface area (Å²) in [7, 11) is 0. The van der Waals surface area contributed by atoms with Gasteiger partial charge in [-0.25, -0.2) is 0 Å². The summed E-state index contributed by atoms with van der Waals surface area (Å²) in [5.41, 5.74) is 0.888. The molecular formula is C12H19N3O2S. The van der Waals surface area contributed by atoms with Crippen LogP contribution in [0.2, 0.25) is 0 Å². The molecule has 0 spiro atoms. The van der Waals surface area contributed by atoms with Crippen LogP contribution >= 0.6 is 11.3 Å². The molecule has 1 aromatic heterocycles. The summed E-state index contributed by atoms with van der Waals surface area (Å²) in [6, 6.07) is 0.385. The average molecular weight is 269 g/mol. The fourth-order valence-electron chi connectivity index (χ4n) is 2.14. The van der Waals surface area contributed by atoms with Crippen molar-refractivity contribution in [3.63, 3.8) is 0 Å². The SMILES string of the molecule is Cc1sc(=O)n(CC(=O)NCC2CCCN2)c1C. The highest BCUT2D eigenvalue weighted by Crippen LogP contribution is 2.09. The summed E-state index contributed by atoms with van der Waals surface area (Å²) in [5, 5.41) is 6.20. The zero-order chi connectivity index (χ0) is 13.1. The second-order valence-corrected chi connectivity index (χ2v) is 5.86. The summed E-state index contributed by atoms with van der Waals surface area (Å²) in [6.45, 7) is 5.58. The molecule has 1 aromatic rings. The average Bonchev–Trinajstić information content (AvgIpc) is 2.92. The number of nitrogens with one attached hydrogen (secondary N) is 2. The summed E-state index contributed by atoms with van der Waals surface area (Å²) in [4.78, 5) is 24.4. The minimum atomic E-state index is -0.0910. The van der Waals surface area contributed by atoms with Crippen LogP contribution in [0.4, 0.5) is 0 Å². The van der Waals surface area contributed by atoms with E-state index in [0.29, 0.717) is 12.6 Å². The van der Waals surface area contributed by atoms with Crippen molar-refractivity contribution in [3.8, 4) is 0 Å². The Morgan fingerprint density at radius 2 is 2.33 bits per heavy atom. The molecule has 0 saturated carbocycles. The molecule has 2 rings (SSSR count). The van der Waals surface area contributed by atoms with Gasteiger partial charge in [-0.05, 0) is 33.2 Å². The monoisotopic (exact) mass is 269 g/mol. The Morgan fingerprint density at radius 3 is 2.89 bits per heavy atom. The highest BCUT2D eigenvalue weighted by molar-refractivity contribution is 7.09. The van der Waals surface area contributed by atoms with E-state index in [1.165, 1.54) is 22.3 Å². The van der Waals surface area contributed by atoms with E-state index in [9.17, 15) is 9.59 Å².